The molecule has 3 nitrogen and oxygen atoms in total. The second-order valence-electron chi connectivity index (χ2n) is 2.61. The quantitative estimate of drug-likeness (QED) is 0.423. The summed E-state index contributed by atoms with van der Waals surface area (Å²) in [5, 5.41) is 15.2. The Morgan fingerprint density at radius 2 is 2.33 bits per heavy atom. The van der Waals surface area contributed by atoms with E-state index >= 15 is 0 Å². The van der Waals surface area contributed by atoms with Gasteiger partial charge in [-0.05, 0) is 6.92 Å². The van der Waals surface area contributed by atoms with Crippen LogP contribution in [0.1, 0.15) is 6.92 Å². The van der Waals surface area contributed by atoms with E-state index in [0.29, 0.717) is 6.04 Å². The van der Waals surface area contributed by atoms with Crippen LogP contribution in [0.25, 0.3) is 0 Å². The molecule has 1 heterocycles. The summed E-state index contributed by atoms with van der Waals surface area (Å²) in [4.78, 5) is 0. The second-order valence-corrected chi connectivity index (χ2v) is 2.61. The molecular weight excluding hydrogens is 116 g/mol. The number of aliphatic hydroxyl groups is 1. The first-order chi connectivity index (χ1) is 4.33. The Morgan fingerprint density at radius 1 is 1.56 bits per heavy atom. The third-order valence-electron chi connectivity index (χ3n) is 1.58. The Hall–Kier alpha value is -0.120. The number of hydrogen-bond donors (Lipinski definition) is 3. The summed E-state index contributed by atoms with van der Waals surface area (Å²) in [7, 11) is 0. The fraction of sp³-hybridized carbons (Fsp3) is 1.00. The summed E-state index contributed by atoms with van der Waals surface area (Å²) >= 11 is 0. The molecule has 0 spiro atoms. The van der Waals surface area contributed by atoms with Gasteiger partial charge < -0.3 is 15.7 Å². The summed E-state index contributed by atoms with van der Waals surface area (Å²) in [6.45, 7) is 4.24. The zero-order valence-corrected chi connectivity index (χ0v) is 5.72. The summed E-state index contributed by atoms with van der Waals surface area (Å²) in [6.07, 6.45) is 0. The first kappa shape index (κ1) is 6.99. The van der Waals surface area contributed by atoms with E-state index in [1.165, 1.54) is 0 Å². The van der Waals surface area contributed by atoms with Crippen molar-refractivity contribution in [3.8, 4) is 0 Å². The van der Waals surface area contributed by atoms with E-state index in [2.05, 4.69) is 17.6 Å². The van der Waals surface area contributed by atoms with Gasteiger partial charge in [0.2, 0.25) is 0 Å². The molecule has 0 aromatic carbocycles. The van der Waals surface area contributed by atoms with Crippen LogP contribution in [0.4, 0.5) is 0 Å². The Balaban J connectivity index is 2.23. The van der Waals surface area contributed by atoms with Gasteiger partial charge in [0.25, 0.3) is 0 Å². The predicted octanol–water partition coefficient (Wildman–Crippen LogP) is -1.07. The summed E-state index contributed by atoms with van der Waals surface area (Å²) in [5.74, 6) is 0. The maximum atomic E-state index is 8.71. The predicted molar refractivity (Wildman–Crippen MR) is 36.3 cm³/mol. The number of hydrogen-bond acceptors (Lipinski definition) is 3. The van der Waals surface area contributed by atoms with Crippen molar-refractivity contribution in [2.24, 2.45) is 0 Å². The monoisotopic (exact) mass is 130 g/mol. The van der Waals surface area contributed by atoms with E-state index in [1.54, 1.807) is 0 Å². The van der Waals surface area contributed by atoms with Gasteiger partial charge in [-0.15, -0.1) is 0 Å². The van der Waals surface area contributed by atoms with E-state index in [-0.39, 0.29) is 12.6 Å². The number of piperazine rings is 1. The average Bonchev–Trinajstić information content (AvgIpc) is 1.88. The zero-order valence-electron chi connectivity index (χ0n) is 5.72. The first-order valence-corrected chi connectivity index (χ1v) is 3.40. The highest BCUT2D eigenvalue weighted by Crippen LogP contribution is 1.90. The van der Waals surface area contributed by atoms with Crippen molar-refractivity contribution in [2.45, 2.75) is 19.0 Å². The minimum Gasteiger partial charge on any atom is -0.395 e. The van der Waals surface area contributed by atoms with E-state index < -0.39 is 0 Å². The lowest BCUT2D eigenvalue weighted by atomic mass is 10.2. The van der Waals surface area contributed by atoms with Gasteiger partial charge in [0.05, 0.1) is 6.61 Å². The maximum Gasteiger partial charge on any atom is 0.0597 e. The molecule has 0 unspecified atom stereocenters. The van der Waals surface area contributed by atoms with Crippen molar-refractivity contribution < 1.29 is 5.11 Å². The van der Waals surface area contributed by atoms with Crippen LogP contribution in [0, 0.1) is 0 Å². The lowest BCUT2D eigenvalue weighted by Crippen LogP contribution is -2.54. The molecule has 1 aliphatic heterocycles. The first-order valence-electron chi connectivity index (χ1n) is 3.40. The molecule has 3 N–H and O–H groups in total. The van der Waals surface area contributed by atoms with Gasteiger partial charge in [0.1, 0.15) is 0 Å². The van der Waals surface area contributed by atoms with Crippen molar-refractivity contribution in [3.05, 3.63) is 0 Å². The van der Waals surface area contributed by atoms with Gasteiger partial charge in [-0.2, -0.15) is 0 Å². The molecule has 0 aliphatic carbocycles. The normalized spacial score (nSPS) is 36.7. The van der Waals surface area contributed by atoms with Crippen molar-refractivity contribution in [3.63, 3.8) is 0 Å². The molecule has 2 atom stereocenters. The fourth-order valence-corrected chi connectivity index (χ4v) is 1.11. The Morgan fingerprint density at radius 3 is 2.78 bits per heavy atom. The zero-order chi connectivity index (χ0) is 6.69. The van der Waals surface area contributed by atoms with Gasteiger partial charge in [-0.3, -0.25) is 0 Å². The van der Waals surface area contributed by atoms with E-state index in [4.69, 9.17) is 5.11 Å². The molecule has 1 aliphatic rings. The number of aliphatic hydroxyl groups excluding tert-OH is 1. The molecule has 9 heavy (non-hydrogen) atoms. The molecule has 0 amide bonds. The lowest BCUT2D eigenvalue weighted by Gasteiger charge is -2.28. The second kappa shape index (κ2) is 3.15. The van der Waals surface area contributed by atoms with Crippen LogP contribution in [0.5, 0.6) is 0 Å². The van der Waals surface area contributed by atoms with E-state index in [9.17, 15) is 0 Å². The third kappa shape index (κ3) is 1.93. The molecule has 1 fully saturated rings. The van der Waals surface area contributed by atoms with Gasteiger partial charge in [-0.25, -0.2) is 0 Å². The fourth-order valence-electron chi connectivity index (χ4n) is 1.11. The standard InChI is InChI=1S/C6H14N2O/c1-5-2-7-3-6(4-9)8-5/h5-9H,2-4H2,1H3/t5-,6+/m1/s1. The highest BCUT2D eigenvalue weighted by atomic mass is 16.3. The minimum absolute atomic E-state index is 0.233. The largest absolute Gasteiger partial charge is 0.395 e. The Labute approximate surface area is 55.5 Å². The summed E-state index contributed by atoms with van der Waals surface area (Å²) in [5.41, 5.74) is 0. The molecular formula is C6H14N2O. The highest BCUT2D eigenvalue weighted by Gasteiger charge is 2.14. The van der Waals surface area contributed by atoms with Crippen LogP contribution in [0.15, 0.2) is 0 Å². The van der Waals surface area contributed by atoms with Crippen molar-refractivity contribution in [1.82, 2.24) is 10.6 Å². The van der Waals surface area contributed by atoms with Crippen LogP contribution < -0.4 is 10.6 Å². The smallest absolute Gasteiger partial charge is 0.0597 e. The van der Waals surface area contributed by atoms with Gasteiger partial charge in [0.15, 0.2) is 0 Å². The van der Waals surface area contributed by atoms with E-state index in [0.717, 1.165) is 13.1 Å². The molecule has 0 aromatic rings. The van der Waals surface area contributed by atoms with Gasteiger partial charge in [0, 0.05) is 25.2 Å². The van der Waals surface area contributed by atoms with Crippen LogP contribution in [-0.4, -0.2) is 36.9 Å². The molecule has 1 saturated heterocycles. The van der Waals surface area contributed by atoms with Crippen LogP contribution in [0.3, 0.4) is 0 Å². The van der Waals surface area contributed by atoms with Gasteiger partial charge in [-0.1, -0.05) is 0 Å². The maximum absolute atomic E-state index is 8.71. The van der Waals surface area contributed by atoms with Crippen molar-refractivity contribution in [2.75, 3.05) is 19.7 Å². The Kier molecular flexibility index (Phi) is 2.45. The highest BCUT2D eigenvalue weighted by molar-refractivity contribution is 4.79. The molecule has 0 aromatic heterocycles. The molecule has 0 radical (unpaired) electrons. The number of nitrogens with one attached hydrogen (secondary N) is 2. The number of rotatable bonds is 1. The molecule has 3 heteroatoms. The summed E-state index contributed by atoms with van der Waals surface area (Å²) in [6, 6.07) is 0.754. The van der Waals surface area contributed by atoms with Gasteiger partial charge >= 0.3 is 0 Å². The molecule has 0 saturated carbocycles. The third-order valence-corrected chi connectivity index (χ3v) is 1.58. The lowest BCUT2D eigenvalue weighted by molar-refractivity contribution is 0.211. The summed E-state index contributed by atoms with van der Waals surface area (Å²) < 4.78 is 0. The molecule has 1 rings (SSSR count). The van der Waals surface area contributed by atoms with E-state index in [1.807, 2.05) is 0 Å². The van der Waals surface area contributed by atoms with Crippen LogP contribution in [0.2, 0.25) is 0 Å². The minimum atomic E-state index is 0.233. The van der Waals surface area contributed by atoms with Crippen molar-refractivity contribution >= 4 is 0 Å². The average molecular weight is 130 g/mol. The SMILES string of the molecule is C[C@@H]1CNC[C@@H](CO)N1. The van der Waals surface area contributed by atoms with Crippen LogP contribution >= 0.6 is 0 Å². The topological polar surface area (TPSA) is 44.3 Å². The van der Waals surface area contributed by atoms with Crippen molar-refractivity contribution in [1.29, 1.82) is 0 Å². The molecule has 0 bridgehead atoms. The van der Waals surface area contributed by atoms with Crippen LogP contribution in [-0.2, 0) is 0 Å². The molecule has 54 valence electrons. The Bertz CT molecular complexity index is 87.1.